The van der Waals surface area contributed by atoms with Crippen LogP contribution in [0.25, 0.3) is 0 Å². The maximum atomic E-state index is 12.0. The first-order valence-corrected chi connectivity index (χ1v) is 5.72. The van der Waals surface area contributed by atoms with Gasteiger partial charge in [0.2, 0.25) is 0 Å². The van der Waals surface area contributed by atoms with E-state index in [0.29, 0.717) is 10.6 Å². The van der Waals surface area contributed by atoms with Gasteiger partial charge in [-0.15, -0.1) is 5.10 Å². The third-order valence-corrected chi connectivity index (χ3v) is 3.51. The van der Waals surface area contributed by atoms with E-state index < -0.39 is 0 Å². The van der Waals surface area contributed by atoms with Gasteiger partial charge in [-0.05, 0) is 31.3 Å². The zero-order valence-electron chi connectivity index (χ0n) is 8.51. The highest BCUT2D eigenvalue weighted by molar-refractivity contribution is 7.07. The molecule has 1 amide bonds. The van der Waals surface area contributed by atoms with Gasteiger partial charge in [0.15, 0.2) is 0 Å². The van der Waals surface area contributed by atoms with Crippen LogP contribution in [0.15, 0.2) is 0 Å². The molecule has 2 heterocycles. The molecule has 1 N–H and O–H groups in total. The average Bonchev–Trinajstić information content (AvgIpc) is 2.84. The fraction of sp³-hybridized carbons (Fsp3) is 0.667. The lowest BCUT2D eigenvalue weighted by Crippen LogP contribution is -2.37. The maximum absolute atomic E-state index is 12.0. The number of rotatable bonds is 2. The van der Waals surface area contributed by atoms with Crippen LogP contribution < -0.4 is 0 Å². The number of aliphatic hydroxyl groups excluding tert-OH is 1. The fourth-order valence-electron chi connectivity index (χ4n) is 1.85. The van der Waals surface area contributed by atoms with Gasteiger partial charge in [-0.25, -0.2) is 0 Å². The van der Waals surface area contributed by atoms with Crippen LogP contribution in [-0.4, -0.2) is 44.7 Å². The van der Waals surface area contributed by atoms with E-state index in [1.807, 2.05) is 0 Å². The molecule has 1 fully saturated rings. The predicted molar refractivity (Wildman–Crippen MR) is 55.8 cm³/mol. The first-order valence-electron chi connectivity index (χ1n) is 4.95. The van der Waals surface area contributed by atoms with Crippen LogP contribution in [0.1, 0.15) is 28.2 Å². The first kappa shape index (κ1) is 10.5. The van der Waals surface area contributed by atoms with Crippen LogP contribution in [0.5, 0.6) is 0 Å². The number of amides is 1. The largest absolute Gasteiger partial charge is 0.394 e. The number of aromatic nitrogens is 2. The summed E-state index contributed by atoms with van der Waals surface area (Å²) in [5, 5.41) is 12.9. The Balaban J connectivity index is 2.18. The molecular formula is C9H13N3O2S. The second-order valence-electron chi connectivity index (χ2n) is 3.66. The first-order chi connectivity index (χ1) is 7.24. The number of hydrogen-bond acceptors (Lipinski definition) is 5. The molecule has 1 unspecified atom stereocenters. The molecule has 1 atom stereocenters. The minimum absolute atomic E-state index is 0.0287. The molecule has 0 bridgehead atoms. The van der Waals surface area contributed by atoms with Crippen molar-refractivity contribution < 1.29 is 9.90 Å². The Labute approximate surface area is 91.9 Å². The molecule has 1 saturated heterocycles. The molecule has 6 heteroatoms. The Morgan fingerprint density at radius 1 is 1.73 bits per heavy atom. The van der Waals surface area contributed by atoms with E-state index in [2.05, 4.69) is 9.59 Å². The van der Waals surface area contributed by atoms with E-state index in [1.54, 1.807) is 11.8 Å². The lowest BCUT2D eigenvalue weighted by Gasteiger charge is -2.22. The molecule has 0 radical (unpaired) electrons. The fourth-order valence-corrected chi connectivity index (χ4v) is 2.46. The summed E-state index contributed by atoms with van der Waals surface area (Å²) in [5.74, 6) is -0.0425. The van der Waals surface area contributed by atoms with E-state index >= 15 is 0 Å². The monoisotopic (exact) mass is 227 g/mol. The maximum Gasteiger partial charge on any atom is 0.267 e. The molecule has 1 aromatic heterocycles. The van der Waals surface area contributed by atoms with E-state index in [-0.39, 0.29) is 18.6 Å². The Morgan fingerprint density at radius 3 is 3.13 bits per heavy atom. The molecular weight excluding hydrogens is 214 g/mol. The van der Waals surface area contributed by atoms with E-state index in [9.17, 15) is 4.79 Å². The van der Waals surface area contributed by atoms with E-state index in [0.717, 1.165) is 30.9 Å². The van der Waals surface area contributed by atoms with Gasteiger partial charge in [-0.2, -0.15) is 0 Å². The van der Waals surface area contributed by atoms with E-state index in [4.69, 9.17) is 5.11 Å². The lowest BCUT2D eigenvalue weighted by atomic mass is 10.2. The highest BCUT2D eigenvalue weighted by Crippen LogP contribution is 2.21. The topological polar surface area (TPSA) is 66.3 Å². The summed E-state index contributed by atoms with van der Waals surface area (Å²) in [5.41, 5.74) is 0.675. The number of likely N-dealkylation sites (tertiary alicyclic amines) is 1. The molecule has 82 valence electrons. The van der Waals surface area contributed by atoms with Crippen molar-refractivity contribution in [3.63, 3.8) is 0 Å². The summed E-state index contributed by atoms with van der Waals surface area (Å²) in [6.45, 7) is 2.54. The second-order valence-corrected chi connectivity index (χ2v) is 4.42. The predicted octanol–water partition coefficient (Wildman–Crippen LogP) is 0.443. The number of carbonyl (C=O) groups is 1. The van der Waals surface area contributed by atoms with Crippen molar-refractivity contribution >= 4 is 17.4 Å². The molecule has 0 saturated carbocycles. The molecule has 1 aliphatic rings. The second kappa shape index (κ2) is 4.24. The molecule has 2 rings (SSSR count). The van der Waals surface area contributed by atoms with Gasteiger partial charge in [0.25, 0.3) is 5.91 Å². The van der Waals surface area contributed by atoms with Crippen molar-refractivity contribution in [2.24, 2.45) is 0 Å². The van der Waals surface area contributed by atoms with Crippen molar-refractivity contribution in [3.05, 3.63) is 10.6 Å². The summed E-state index contributed by atoms with van der Waals surface area (Å²) >= 11 is 1.12. The molecule has 15 heavy (non-hydrogen) atoms. The van der Waals surface area contributed by atoms with Crippen molar-refractivity contribution in [1.29, 1.82) is 0 Å². The van der Waals surface area contributed by atoms with Crippen LogP contribution in [0, 0.1) is 6.92 Å². The minimum Gasteiger partial charge on any atom is -0.394 e. The Bertz CT molecular complexity index is 366. The SMILES string of the molecule is Cc1nnsc1C(=O)N1CCCC1CO. The van der Waals surface area contributed by atoms with Crippen molar-refractivity contribution in [2.75, 3.05) is 13.2 Å². The summed E-state index contributed by atoms with van der Waals surface area (Å²) < 4.78 is 3.75. The summed E-state index contributed by atoms with van der Waals surface area (Å²) in [7, 11) is 0. The average molecular weight is 227 g/mol. The highest BCUT2D eigenvalue weighted by atomic mass is 32.1. The van der Waals surface area contributed by atoms with E-state index in [1.165, 1.54) is 0 Å². The van der Waals surface area contributed by atoms with Gasteiger partial charge in [0, 0.05) is 6.54 Å². The zero-order chi connectivity index (χ0) is 10.8. The van der Waals surface area contributed by atoms with Crippen LogP contribution in [0.2, 0.25) is 0 Å². The Morgan fingerprint density at radius 2 is 2.53 bits per heavy atom. The van der Waals surface area contributed by atoms with Gasteiger partial charge >= 0.3 is 0 Å². The normalized spacial score (nSPS) is 20.9. The van der Waals surface area contributed by atoms with Gasteiger partial charge < -0.3 is 10.0 Å². The van der Waals surface area contributed by atoms with Gasteiger partial charge in [-0.1, -0.05) is 4.49 Å². The van der Waals surface area contributed by atoms with Crippen molar-refractivity contribution in [2.45, 2.75) is 25.8 Å². The molecule has 1 aliphatic heterocycles. The summed E-state index contributed by atoms with van der Waals surface area (Å²) in [6, 6.07) is -0.0287. The number of nitrogens with zero attached hydrogens (tertiary/aromatic N) is 3. The number of carbonyl (C=O) groups excluding carboxylic acids is 1. The molecule has 0 aromatic carbocycles. The smallest absolute Gasteiger partial charge is 0.267 e. The summed E-state index contributed by atoms with van der Waals surface area (Å²) in [6.07, 6.45) is 1.84. The van der Waals surface area contributed by atoms with Crippen LogP contribution in [0.3, 0.4) is 0 Å². The highest BCUT2D eigenvalue weighted by Gasteiger charge is 2.30. The van der Waals surface area contributed by atoms with Gasteiger partial charge in [0.05, 0.1) is 18.3 Å². The quantitative estimate of drug-likeness (QED) is 0.796. The molecule has 1 aromatic rings. The molecule has 5 nitrogen and oxygen atoms in total. The van der Waals surface area contributed by atoms with Crippen molar-refractivity contribution in [3.8, 4) is 0 Å². The van der Waals surface area contributed by atoms with Crippen LogP contribution >= 0.6 is 11.5 Å². The summed E-state index contributed by atoms with van der Waals surface area (Å²) in [4.78, 5) is 14.4. The van der Waals surface area contributed by atoms with Gasteiger partial charge in [-0.3, -0.25) is 4.79 Å². The molecule has 0 spiro atoms. The standard InChI is InChI=1S/C9H13N3O2S/c1-6-8(15-11-10-6)9(14)12-4-2-3-7(12)5-13/h7,13H,2-5H2,1H3. The van der Waals surface area contributed by atoms with Crippen LogP contribution in [0.4, 0.5) is 0 Å². The van der Waals surface area contributed by atoms with Crippen molar-refractivity contribution in [1.82, 2.24) is 14.5 Å². The Kier molecular flexibility index (Phi) is 2.97. The third-order valence-electron chi connectivity index (χ3n) is 2.69. The number of hydrogen-bond donors (Lipinski definition) is 1. The lowest BCUT2D eigenvalue weighted by molar-refractivity contribution is 0.0681. The number of aryl methyl sites for hydroxylation is 1. The minimum atomic E-state index is -0.0425. The van der Waals surface area contributed by atoms with Gasteiger partial charge in [0.1, 0.15) is 4.88 Å². The zero-order valence-corrected chi connectivity index (χ0v) is 9.33. The van der Waals surface area contributed by atoms with Crippen LogP contribution in [-0.2, 0) is 0 Å². The number of aliphatic hydroxyl groups is 1. The Hall–Kier alpha value is -1.01. The third kappa shape index (κ3) is 1.87. The molecule has 0 aliphatic carbocycles.